The number of thioether (sulfide) groups is 1. The summed E-state index contributed by atoms with van der Waals surface area (Å²) < 4.78 is 0. The average molecular weight is 558 g/mol. The molecule has 2 unspecified atom stereocenters. The monoisotopic (exact) mass is 557 g/mol. The number of anilines is 2. The summed E-state index contributed by atoms with van der Waals surface area (Å²) in [5.41, 5.74) is 3.05. The van der Waals surface area contributed by atoms with Gasteiger partial charge < -0.3 is 10.4 Å². The third kappa shape index (κ3) is 5.65. The van der Waals surface area contributed by atoms with Crippen LogP contribution in [0.25, 0.3) is 0 Å². The van der Waals surface area contributed by atoms with Crippen LogP contribution in [0.4, 0.5) is 10.7 Å². The Morgan fingerprint density at radius 2 is 1.90 bits per heavy atom. The molecule has 0 bridgehead atoms. The number of nitrogens with zero attached hydrogens (tertiary/aromatic N) is 2. The Balaban J connectivity index is 1.33. The maximum Gasteiger partial charge on any atom is 0.328 e. The van der Waals surface area contributed by atoms with Gasteiger partial charge in [0, 0.05) is 34.0 Å². The van der Waals surface area contributed by atoms with Crippen LogP contribution in [0.2, 0.25) is 0 Å². The highest BCUT2D eigenvalue weighted by Crippen LogP contribution is 2.46. The predicted molar refractivity (Wildman–Crippen MR) is 149 cm³/mol. The average Bonchev–Trinajstić information content (AvgIpc) is 3.42. The molecule has 39 heavy (non-hydrogen) atoms. The van der Waals surface area contributed by atoms with Gasteiger partial charge in [-0.1, -0.05) is 36.4 Å². The molecule has 196 valence electrons. The number of carbonyl (C=O) groups is 4. The normalized spacial score (nSPS) is 18.7. The summed E-state index contributed by atoms with van der Waals surface area (Å²) in [6.45, 7) is 0. The number of hydrogen-bond donors (Lipinski definition) is 2. The van der Waals surface area contributed by atoms with Gasteiger partial charge in [0.2, 0.25) is 17.7 Å². The van der Waals surface area contributed by atoms with E-state index in [1.54, 1.807) is 24.3 Å². The molecule has 2 N–H and O–H groups in total. The van der Waals surface area contributed by atoms with Crippen molar-refractivity contribution in [1.82, 2.24) is 0 Å². The number of carboxylic acid groups (broad SMARTS) is 1. The molecule has 0 radical (unpaired) electrons. The molecule has 1 aliphatic heterocycles. The highest BCUT2D eigenvalue weighted by Gasteiger charge is 2.43. The van der Waals surface area contributed by atoms with Crippen LogP contribution in [0.1, 0.15) is 40.3 Å². The van der Waals surface area contributed by atoms with Crippen molar-refractivity contribution in [3.05, 3.63) is 88.3 Å². The molecule has 2 aromatic carbocycles. The minimum absolute atomic E-state index is 0.00150. The minimum Gasteiger partial charge on any atom is -0.478 e. The molecular formula is C29H23N3O5S2. The maximum atomic E-state index is 13.4. The first-order valence-electron chi connectivity index (χ1n) is 12.3. The number of amides is 3. The lowest BCUT2D eigenvalue weighted by Crippen LogP contribution is -2.31. The molecule has 3 amide bonds. The molecule has 1 aliphatic carbocycles. The fraction of sp³-hybridized carbons (Fsp3) is 0.207. The van der Waals surface area contributed by atoms with Gasteiger partial charge >= 0.3 is 5.97 Å². The zero-order chi connectivity index (χ0) is 27.5. The van der Waals surface area contributed by atoms with Crippen molar-refractivity contribution < 1.29 is 24.3 Å². The predicted octanol–water partition coefficient (Wildman–Crippen LogP) is 4.90. The highest BCUT2D eigenvalue weighted by atomic mass is 32.2. The smallest absolute Gasteiger partial charge is 0.328 e. The van der Waals surface area contributed by atoms with Gasteiger partial charge in [-0.05, 0) is 54.5 Å². The Kier molecular flexibility index (Phi) is 7.63. The lowest BCUT2D eigenvalue weighted by Gasteiger charge is -2.22. The second-order valence-corrected chi connectivity index (χ2v) is 11.6. The van der Waals surface area contributed by atoms with Gasteiger partial charge in [0.05, 0.1) is 10.8 Å². The van der Waals surface area contributed by atoms with Crippen LogP contribution in [0.15, 0.2) is 71.6 Å². The lowest BCUT2D eigenvalue weighted by molar-refractivity contribution is -0.131. The Hall–Kier alpha value is -4.20. The van der Waals surface area contributed by atoms with Crippen LogP contribution >= 0.6 is 23.1 Å². The van der Waals surface area contributed by atoms with E-state index in [4.69, 9.17) is 5.11 Å². The minimum atomic E-state index is -1.23. The van der Waals surface area contributed by atoms with Crippen molar-refractivity contribution >= 4 is 57.5 Å². The molecular weight excluding hydrogens is 534 g/mol. The number of carboxylic acids is 1. The van der Waals surface area contributed by atoms with Crippen LogP contribution in [-0.2, 0) is 32.0 Å². The number of nitrogens with one attached hydrogen (secondary N) is 1. The van der Waals surface area contributed by atoms with Gasteiger partial charge in [-0.15, -0.1) is 23.1 Å². The number of rotatable bonds is 7. The number of aliphatic carboxylic acids is 1. The van der Waals surface area contributed by atoms with Crippen LogP contribution in [0, 0.1) is 11.3 Å². The summed E-state index contributed by atoms with van der Waals surface area (Å²) in [5, 5.41) is 21.0. The summed E-state index contributed by atoms with van der Waals surface area (Å²) in [5.74, 6) is -2.20. The molecule has 5 rings (SSSR count). The lowest BCUT2D eigenvalue weighted by atomic mass is 9.83. The summed E-state index contributed by atoms with van der Waals surface area (Å²) in [7, 11) is 0. The van der Waals surface area contributed by atoms with E-state index in [1.165, 1.54) is 33.6 Å². The largest absolute Gasteiger partial charge is 0.478 e. The molecule has 0 saturated carbocycles. The molecule has 3 aromatic rings. The van der Waals surface area contributed by atoms with Gasteiger partial charge in [-0.25, -0.2) is 9.69 Å². The first-order valence-corrected chi connectivity index (χ1v) is 14.0. The van der Waals surface area contributed by atoms with E-state index < -0.39 is 17.1 Å². The van der Waals surface area contributed by atoms with Gasteiger partial charge in [-0.2, -0.15) is 5.26 Å². The van der Waals surface area contributed by atoms with E-state index in [-0.39, 0.29) is 18.2 Å². The molecule has 1 fully saturated rings. The molecule has 2 atom stereocenters. The van der Waals surface area contributed by atoms with E-state index in [2.05, 4.69) is 23.5 Å². The van der Waals surface area contributed by atoms with Gasteiger partial charge in [0.15, 0.2) is 0 Å². The maximum absolute atomic E-state index is 13.4. The number of carbonyl (C=O) groups excluding carboxylic acids is 3. The summed E-state index contributed by atoms with van der Waals surface area (Å²) in [6.07, 6.45) is 4.05. The third-order valence-electron chi connectivity index (χ3n) is 6.70. The zero-order valence-electron chi connectivity index (χ0n) is 20.6. The second kappa shape index (κ2) is 11.3. The van der Waals surface area contributed by atoms with E-state index >= 15 is 0 Å². The number of hydrogen-bond acceptors (Lipinski definition) is 7. The SMILES string of the molecule is N#Cc1c(N2C(=O)CC(Sc3cccc(NC(=O)C=CC(=O)O)c3)C2=O)sc2c1CCC(c1ccccc1)C2. The fourth-order valence-corrected chi connectivity index (χ4v) is 7.42. The molecule has 10 heteroatoms. The highest BCUT2D eigenvalue weighted by molar-refractivity contribution is 8.00. The third-order valence-corrected chi connectivity index (χ3v) is 9.11. The summed E-state index contributed by atoms with van der Waals surface area (Å²) in [6, 6.07) is 19.3. The standard InChI is InChI=1S/C29H23N3O5S2/c30-16-22-21-10-9-18(17-5-2-1-3-6-17)13-23(21)39-29(22)32-26(34)15-24(28(32)37)38-20-8-4-7-19(14-20)31-25(33)11-12-27(35)36/h1-8,11-12,14,18,24H,9-10,13,15H2,(H,31,33)(H,35,36). The molecule has 2 aliphatic rings. The van der Waals surface area contributed by atoms with Gasteiger partial charge in [0.1, 0.15) is 11.1 Å². The first kappa shape index (κ1) is 26.4. The zero-order valence-corrected chi connectivity index (χ0v) is 22.3. The van der Waals surface area contributed by atoms with Gasteiger partial charge in [-0.3, -0.25) is 14.4 Å². The van der Waals surface area contributed by atoms with Crippen LogP contribution in [0.5, 0.6) is 0 Å². The van der Waals surface area contributed by atoms with Crippen molar-refractivity contribution in [3.8, 4) is 6.07 Å². The van der Waals surface area contributed by atoms with E-state index in [9.17, 15) is 24.4 Å². The number of imide groups is 1. The van der Waals surface area contributed by atoms with Crippen molar-refractivity contribution in [2.75, 3.05) is 10.2 Å². The molecule has 2 heterocycles. The fourth-order valence-electron chi connectivity index (χ4n) is 4.91. The van der Waals surface area contributed by atoms with Gasteiger partial charge in [0.25, 0.3) is 0 Å². The number of nitriles is 1. The second-order valence-electron chi connectivity index (χ2n) is 9.21. The first-order chi connectivity index (χ1) is 18.8. The van der Waals surface area contributed by atoms with Crippen LogP contribution in [0.3, 0.4) is 0 Å². The number of thiophene rings is 1. The van der Waals surface area contributed by atoms with Crippen molar-refractivity contribution in [2.45, 2.75) is 41.7 Å². The van der Waals surface area contributed by atoms with Crippen molar-refractivity contribution in [3.63, 3.8) is 0 Å². The summed E-state index contributed by atoms with van der Waals surface area (Å²) >= 11 is 2.58. The Morgan fingerprint density at radius 3 is 2.64 bits per heavy atom. The van der Waals surface area contributed by atoms with Crippen molar-refractivity contribution in [1.29, 1.82) is 5.26 Å². The Labute approximate surface area is 232 Å². The topological polar surface area (TPSA) is 128 Å². The molecule has 0 spiro atoms. The molecule has 1 aromatic heterocycles. The number of benzene rings is 2. The van der Waals surface area contributed by atoms with E-state index in [0.717, 1.165) is 41.9 Å². The van der Waals surface area contributed by atoms with E-state index in [0.29, 0.717) is 27.1 Å². The summed E-state index contributed by atoms with van der Waals surface area (Å²) in [4.78, 5) is 51.9. The van der Waals surface area contributed by atoms with Crippen LogP contribution in [-0.4, -0.2) is 34.0 Å². The molecule has 1 saturated heterocycles. The van der Waals surface area contributed by atoms with Crippen molar-refractivity contribution in [2.24, 2.45) is 0 Å². The Bertz CT molecular complexity index is 1540. The molecule has 8 nitrogen and oxygen atoms in total. The number of fused-ring (bicyclic) bond motifs is 1. The van der Waals surface area contributed by atoms with E-state index in [1.807, 2.05) is 18.2 Å². The Morgan fingerprint density at radius 1 is 1.10 bits per heavy atom. The van der Waals surface area contributed by atoms with Crippen LogP contribution < -0.4 is 10.2 Å². The quantitative estimate of drug-likeness (QED) is 0.313.